The maximum atomic E-state index is 9.36. The predicted molar refractivity (Wildman–Crippen MR) is 70.0 cm³/mol. The average molecular weight is 259 g/mol. The third kappa shape index (κ3) is 2.46. The minimum atomic E-state index is 0.120. The Morgan fingerprint density at radius 2 is 2.05 bits per heavy atom. The van der Waals surface area contributed by atoms with E-state index in [4.69, 9.17) is 0 Å². The maximum absolute atomic E-state index is 9.36. The van der Waals surface area contributed by atoms with Gasteiger partial charge in [0, 0.05) is 18.9 Å². The number of aryl methyl sites for hydroxylation is 1. The fourth-order valence-corrected chi connectivity index (χ4v) is 2.53. The molecule has 0 aliphatic carbocycles. The van der Waals surface area contributed by atoms with Crippen LogP contribution in [-0.2, 0) is 13.0 Å². The lowest BCUT2D eigenvalue weighted by Crippen LogP contribution is -2.19. The monoisotopic (exact) mass is 259 g/mol. The van der Waals surface area contributed by atoms with Gasteiger partial charge >= 0.3 is 0 Å². The number of fused-ring (bicyclic) bond motifs is 1. The van der Waals surface area contributed by atoms with Crippen molar-refractivity contribution >= 4 is 0 Å². The number of rotatable bonds is 3. The van der Waals surface area contributed by atoms with Crippen molar-refractivity contribution in [3.8, 4) is 5.75 Å². The third-order valence-corrected chi connectivity index (χ3v) is 3.55. The molecule has 1 aromatic carbocycles. The molecule has 2 N–H and O–H groups in total. The Morgan fingerprint density at radius 1 is 1.26 bits per heavy atom. The van der Waals surface area contributed by atoms with Crippen LogP contribution in [0, 0.1) is 0 Å². The largest absolute Gasteiger partial charge is 0.508 e. The first-order valence-corrected chi connectivity index (χ1v) is 6.58. The van der Waals surface area contributed by atoms with E-state index >= 15 is 0 Å². The van der Waals surface area contributed by atoms with E-state index in [9.17, 15) is 10.2 Å². The number of aliphatic hydroxyl groups is 1. The van der Waals surface area contributed by atoms with Gasteiger partial charge in [-0.15, -0.1) is 0 Å². The number of aliphatic hydroxyl groups excluding tert-OH is 1. The van der Waals surface area contributed by atoms with Gasteiger partial charge in [-0.1, -0.05) is 12.1 Å². The Balaban J connectivity index is 1.82. The number of hydrogen-bond donors (Lipinski definition) is 2. The number of aromatic nitrogens is 3. The van der Waals surface area contributed by atoms with Gasteiger partial charge in [0.15, 0.2) is 5.82 Å². The van der Waals surface area contributed by atoms with Gasteiger partial charge in [0.05, 0.1) is 6.61 Å². The molecule has 19 heavy (non-hydrogen) atoms. The van der Waals surface area contributed by atoms with Crippen molar-refractivity contribution in [3.05, 3.63) is 41.5 Å². The molecule has 0 bridgehead atoms. The van der Waals surface area contributed by atoms with E-state index in [1.54, 1.807) is 12.1 Å². The summed E-state index contributed by atoms with van der Waals surface area (Å²) >= 11 is 0. The molecule has 5 nitrogen and oxygen atoms in total. The van der Waals surface area contributed by atoms with Crippen LogP contribution in [0.5, 0.6) is 5.75 Å². The number of benzene rings is 1. The normalized spacial score (nSPS) is 18.3. The molecule has 2 aromatic rings. The summed E-state index contributed by atoms with van der Waals surface area (Å²) in [6.45, 7) is 1.02. The quantitative estimate of drug-likeness (QED) is 0.875. The van der Waals surface area contributed by atoms with Crippen molar-refractivity contribution in [3.63, 3.8) is 0 Å². The summed E-state index contributed by atoms with van der Waals surface area (Å²) in [6.07, 6.45) is 2.67. The lowest BCUT2D eigenvalue weighted by Gasteiger charge is -2.19. The summed E-state index contributed by atoms with van der Waals surface area (Å²) in [5, 5.41) is 23.1. The van der Waals surface area contributed by atoms with Crippen molar-refractivity contribution in [2.75, 3.05) is 6.61 Å². The van der Waals surface area contributed by atoms with Crippen LogP contribution in [0.2, 0.25) is 0 Å². The summed E-state index contributed by atoms with van der Waals surface area (Å²) < 4.78 is 1.92. The van der Waals surface area contributed by atoms with Gasteiger partial charge in [0.25, 0.3) is 0 Å². The molecule has 0 saturated carbocycles. The van der Waals surface area contributed by atoms with Crippen molar-refractivity contribution in [1.82, 2.24) is 14.8 Å². The molecule has 0 saturated heterocycles. The van der Waals surface area contributed by atoms with Gasteiger partial charge in [0.2, 0.25) is 0 Å². The van der Waals surface area contributed by atoms with Gasteiger partial charge in [-0.3, -0.25) is 0 Å². The zero-order valence-corrected chi connectivity index (χ0v) is 10.7. The zero-order valence-electron chi connectivity index (χ0n) is 10.7. The van der Waals surface area contributed by atoms with Gasteiger partial charge in [-0.2, -0.15) is 5.10 Å². The van der Waals surface area contributed by atoms with Crippen LogP contribution in [0.3, 0.4) is 0 Å². The molecule has 0 spiro atoms. The Labute approximate surface area is 111 Å². The van der Waals surface area contributed by atoms with E-state index in [-0.39, 0.29) is 18.3 Å². The first kappa shape index (κ1) is 12.2. The van der Waals surface area contributed by atoms with Crippen molar-refractivity contribution in [2.24, 2.45) is 0 Å². The molecule has 5 heteroatoms. The summed E-state index contributed by atoms with van der Waals surface area (Å²) in [4.78, 5) is 4.55. The van der Waals surface area contributed by atoms with Crippen LogP contribution in [0.4, 0.5) is 0 Å². The minimum absolute atomic E-state index is 0.120. The van der Waals surface area contributed by atoms with Crippen LogP contribution in [0.1, 0.15) is 36.0 Å². The van der Waals surface area contributed by atoms with Gasteiger partial charge in [-0.25, -0.2) is 9.67 Å². The molecule has 0 amide bonds. The van der Waals surface area contributed by atoms with E-state index in [0.717, 1.165) is 36.6 Å². The Kier molecular flexibility index (Phi) is 3.21. The van der Waals surface area contributed by atoms with E-state index in [0.29, 0.717) is 6.42 Å². The Hall–Kier alpha value is -1.88. The molecule has 3 rings (SSSR count). The first-order chi connectivity index (χ1) is 9.26. The van der Waals surface area contributed by atoms with E-state index < -0.39 is 0 Å². The summed E-state index contributed by atoms with van der Waals surface area (Å²) in [5.41, 5.74) is 1.07. The van der Waals surface area contributed by atoms with Crippen LogP contribution in [-0.4, -0.2) is 31.6 Å². The first-order valence-electron chi connectivity index (χ1n) is 6.58. The molecule has 1 aliphatic heterocycles. The van der Waals surface area contributed by atoms with Crippen LogP contribution in [0.25, 0.3) is 0 Å². The Bertz CT molecular complexity index is 563. The SMILES string of the molecule is OCC1CCCn2nc(Cc3ccc(O)cc3)nc21. The van der Waals surface area contributed by atoms with E-state index in [1.165, 1.54) is 0 Å². The molecule has 1 unspecified atom stereocenters. The molecule has 0 fully saturated rings. The molecule has 2 heterocycles. The second-order valence-corrected chi connectivity index (χ2v) is 4.97. The molecule has 1 aromatic heterocycles. The van der Waals surface area contributed by atoms with Crippen LogP contribution >= 0.6 is 0 Å². The van der Waals surface area contributed by atoms with Crippen molar-refractivity contribution in [1.29, 1.82) is 0 Å². The van der Waals surface area contributed by atoms with Gasteiger partial charge in [0.1, 0.15) is 11.6 Å². The average Bonchev–Trinajstić information content (AvgIpc) is 2.83. The fourth-order valence-electron chi connectivity index (χ4n) is 2.53. The van der Waals surface area contributed by atoms with Crippen molar-refractivity contribution < 1.29 is 10.2 Å². The molecule has 1 aliphatic rings. The highest BCUT2D eigenvalue weighted by Gasteiger charge is 2.23. The van der Waals surface area contributed by atoms with Crippen LogP contribution in [0.15, 0.2) is 24.3 Å². The molecular formula is C14H17N3O2. The number of phenolic OH excluding ortho intramolecular Hbond substituents is 1. The highest BCUT2D eigenvalue weighted by atomic mass is 16.3. The summed E-state index contributed by atoms with van der Waals surface area (Å²) in [7, 11) is 0. The second kappa shape index (κ2) is 5.01. The summed E-state index contributed by atoms with van der Waals surface area (Å²) in [5.74, 6) is 2.07. The van der Waals surface area contributed by atoms with Crippen LogP contribution < -0.4 is 0 Å². The van der Waals surface area contributed by atoms with Gasteiger partial charge < -0.3 is 10.2 Å². The number of nitrogens with zero attached hydrogens (tertiary/aromatic N) is 3. The lowest BCUT2D eigenvalue weighted by atomic mass is 10.0. The highest BCUT2D eigenvalue weighted by Crippen LogP contribution is 2.25. The standard InChI is InChI=1S/C14H17N3O2/c18-9-11-2-1-7-17-14(11)15-13(16-17)8-10-3-5-12(19)6-4-10/h3-6,11,18-19H,1-2,7-9H2. The highest BCUT2D eigenvalue weighted by molar-refractivity contribution is 5.27. The lowest BCUT2D eigenvalue weighted by molar-refractivity contribution is 0.234. The van der Waals surface area contributed by atoms with Gasteiger partial charge in [-0.05, 0) is 30.5 Å². The fraction of sp³-hybridized carbons (Fsp3) is 0.429. The Morgan fingerprint density at radius 3 is 2.79 bits per heavy atom. The van der Waals surface area contributed by atoms with E-state index in [1.807, 2.05) is 16.8 Å². The predicted octanol–water partition coefficient (Wildman–Crippen LogP) is 1.44. The van der Waals surface area contributed by atoms with E-state index in [2.05, 4.69) is 10.1 Å². The number of phenols is 1. The zero-order chi connectivity index (χ0) is 13.2. The van der Waals surface area contributed by atoms with Crippen molar-refractivity contribution in [2.45, 2.75) is 31.7 Å². The second-order valence-electron chi connectivity index (χ2n) is 4.97. The molecular weight excluding hydrogens is 242 g/mol. The maximum Gasteiger partial charge on any atom is 0.155 e. The number of aromatic hydroxyl groups is 1. The molecule has 100 valence electrons. The minimum Gasteiger partial charge on any atom is -0.508 e. The number of hydrogen-bond acceptors (Lipinski definition) is 4. The third-order valence-electron chi connectivity index (χ3n) is 3.55. The topological polar surface area (TPSA) is 71.2 Å². The smallest absolute Gasteiger partial charge is 0.155 e. The molecule has 0 radical (unpaired) electrons. The molecule has 1 atom stereocenters. The summed E-state index contributed by atoms with van der Waals surface area (Å²) in [6, 6.07) is 7.08.